The Morgan fingerprint density at radius 1 is 1.36 bits per heavy atom. The van der Waals surface area contributed by atoms with E-state index >= 15 is 0 Å². The number of halogens is 1. The van der Waals surface area contributed by atoms with Crippen LogP contribution in [0.15, 0.2) is 30.3 Å². The molecule has 1 aromatic rings. The monoisotopic (exact) mass is 324 g/mol. The Hall–Kier alpha value is -1.06. The zero-order chi connectivity index (χ0) is 15.2. The molecule has 1 saturated heterocycles. The van der Waals surface area contributed by atoms with Gasteiger partial charge in [-0.1, -0.05) is 43.7 Å². The fourth-order valence-corrected chi connectivity index (χ4v) is 3.27. The average molecular weight is 325 g/mol. The maximum Gasteiger partial charge on any atom is 0.230 e. The van der Waals surface area contributed by atoms with Crippen LogP contribution >= 0.6 is 12.4 Å². The van der Waals surface area contributed by atoms with E-state index in [0.29, 0.717) is 5.92 Å². The third-order valence-electron chi connectivity index (χ3n) is 4.59. The normalized spacial score (nSPS) is 20.9. The van der Waals surface area contributed by atoms with Crippen LogP contribution in [0.2, 0.25) is 0 Å². The molecule has 22 heavy (non-hydrogen) atoms. The Morgan fingerprint density at radius 3 is 2.64 bits per heavy atom. The lowest BCUT2D eigenvalue weighted by molar-refractivity contribution is -0.135. The van der Waals surface area contributed by atoms with Crippen LogP contribution in [-0.2, 0) is 4.79 Å². The number of amides is 1. The molecular formula is C18H29ClN2O. The molecule has 1 heterocycles. The number of benzene rings is 1. The van der Waals surface area contributed by atoms with E-state index in [9.17, 15) is 4.79 Å². The molecule has 0 spiro atoms. The van der Waals surface area contributed by atoms with Crippen molar-refractivity contribution >= 4 is 18.3 Å². The van der Waals surface area contributed by atoms with E-state index in [0.717, 1.165) is 44.3 Å². The molecule has 3 atom stereocenters. The lowest BCUT2D eigenvalue weighted by Gasteiger charge is -2.36. The van der Waals surface area contributed by atoms with Crippen molar-refractivity contribution in [2.75, 3.05) is 13.1 Å². The second-order valence-corrected chi connectivity index (χ2v) is 6.30. The predicted molar refractivity (Wildman–Crippen MR) is 94.3 cm³/mol. The van der Waals surface area contributed by atoms with Gasteiger partial charge >= 0.3 is 0 Å². The maximum atomic E-state index is 12.9. The van der Waals surface area contributed by atoms with Gasteiger partial charge in [-0.2, -0.15) is 0 Å². The average Bonchev–Trinajstić information content (AvgIpc) is 2.53. The Bertz CT molecular complexity index is 450. The molecule has 1 aliphatic heterocycles. The molecule has 1 fully saturated rings. The van der Waals surface area contributed by atoms with Gasteiger partial charge in [-0.3, -0.25) is 4.79 Å². The standard InChI is InChI=1S/C18H28N2O.ClH/c1-3-8-17(15-9-5-4-6-10-15)18(21)20-12-7-11-16(13-20)14(2)19;/h4-6,9-10,14,16-17H,3,7-8,11-13,19H2,1-2H3;1H. The molecule has 1 amide bonds. The molecule has 2 rings (SSSR count). The van der Waals surface area contributed by atoms with E-state index in [-0.39, 0.29) is 30.3 Å². The van der Waals surface area contributed by atoms with Crippen molar-refractivity contribution in [1.82, 2.24) is 4.90 Å². The molecular weight excluding hydrogens is 296 g/mol. The number of likely N-dealkylation sites (tertiary alicyclic amines) is 1. The van der Waals surface area contributed by atoms with E-state index in [1.54, 1.807) is 0 Å². The molecule has 0 bridgehead atoms. The van der Waals surface area contributed by atoms with Gasteiger partial charge in [0.1, 0.15) is 0 Å². The SMILES string of the molecule is CCCC(C(=O)N1CCCC(C(C)N)C1)c1ccccc1.Cl. The number of hydrogen-bond acceptors (Lipinski definition) is 2. The third kappa shape index (κ3) is 4.72. The van der Waals surface area contributed by atoms with Crippen molar-refractivity contribution in [2.24, 2.45) is 11.7 Å². The summed E-state index contributed by atoms with van der Waals surface area (Å²) in [5, 5.41) is 0. The summed E-state index contributed by atoms with van der Waals surface area (Å²) in [5.41, 5.74) is 7.18. The zero-order valence-electron chi connectivity index (χ0n) is 13.7. The van der Waals surface area contributed by atoms with Gasteiger partial charge in [-0.15, -0.1) is 12.4 Å². The summed E-state index contributed by atoms with van der Waals surface area (Å²) >= 11 is 0. The maximum absolute atomic E-state index is 12.9. The summed E-state index contributed by atoms with van der Waals surface area (Å²) in [6, 6.07) is 10.4. The fourth-order valence-electron chi connectivity index (χ4n) is 3.27. The first kappa shape index (κ1) is 19.0. The summed E-state index contributed by atoms with van der Waals surface area (Å²) in [6.45, 7) is 5.90. The Kier molecular flexibility index (Phi) is 7.91. The highest BCUT2D eigenvalue weighted by Gasteiger charge is 2.30. The van der Waals surface area contributed by atoms with E-state index < -0.39 is 0 Å². The van der Waals surface area contributed by atoms with Gasteiger partial charge in [0.25, 0.3) is 0 Å². The summed E-state index contributed by atoms with van der Waals surface area (Å²) in [5.74, 6) is 0.734. The summed E-state index contributed by atoms with van der Waals surface area (Å²) in [6.07, 6.45) is 4.16. The number of carbonyl (C=O) groups is 1. The molecule has 1 aromatic carbocycles. The van der Waals surface area contributed by atoms with Crippen molar-refractivity contribution in [3.05, 3.63) is 35.9 Å². The number of piperidine rings is 1. The highest BCUT2D eigenvalue weighted by atomic mass is 35.5. The smallest absolute Gasteiger partial charge is 0.230 e. The first-order valence-electron chi connectivity index (χ1n) is 8.22. The summed E-state index contributed by atoms with van der Waals surface area (Å²) in [4.78, 5) is 15.0. The summed E-state index contributed by atoms with van der Waals surface area (Å²) in [7, 11) is 0. The first-order chi connectivity index (χ1) is 10.1. The van der Waals surface area contributed by atoms with Gasteiger partial charge in [0, 0.05) is 19.1 Å². The lowest BCUT2D eigenvalue weighted by Crippen LogP contribution is -2.46. The van der Waals surface area contributed by atoms with E-state index in [4.69, 9.17) is 5.73 Å². The topological polar surface area (TPSA) is 46.3 Å². The van der Waals surface area contributed by atoms with E-state index in [2.05, 4.69) is 26.0 Å². The zero-order valence-corrected chi connectivity index (χ0v) is 14.5. The molecule has 0 saturated carbocycles. The van der Waals surface area contributed by atoms with E-state index in [1.165, 1.54) is 0 Å². The molecule has 2 N–H and O–H groups in total. The highest BCUT2D eigenvalue weighted by Crippen LogP contribution is 2.27. The minimum absolute atomic E-state index is 0. The quantitative estimate of drug-likeness (QED) is 0.899. The first-order valence-corrected chi connectivity index (χ1v) is 8.22. The summed E-state index contributed by atoms with van der Waals surface area (Å²) < 4.78 is 0. The van der Waals surface area contributed by atoms with Crippen LogP contribution in [0.1, 0.15) is 51.0 Å². The van der Waals surface area contributed by atoms with Crippen molar-refractivity contribution < 1.29 is 4.79 Å². The molecule has 0 aromatic heterocycles. The molecule has 124 valence electrons. The predicted octanol–water partition coefficient (Wildman–Crippen LogP) is 3.58. The minimum Gasteiger partial charge on any atom is -0.342 e. The van der Waals surface area contributed by atoms with Crippen molar-refractivity contribution in [3.8, 4) is 0 Å². The molecule has 4 heteroatoms. The van der Waals surface area contributed by atoms with Crippen LogP contribution < -0.4 is 5.73 Å². The van der Waals surface area contributed by atoms with Crippen LogP contribution in [0.4, 0.5) is 0 Å². The second kappa shape index (κ2) is 9.16. The van der Waals surface area contributed by atoms with Gasteiger partial charge < -0.3 is 10.6 Å². The molecule has 3 nitrogen and oxygen atoms in total. The van der Waals surface area contributed by atoms with Crippen LogP contribution in [-0.4, -0.2) is 29.9 Å². The van der Waals surface area contributed by atoms with Crippen molar-refractivity contribution in [2.45, 2.75) is 51.5 Å². The van der Waals surface area contributed by atoms with Crippen molar-refractivity contribution in [3.63, 3.8) is 0 Å². The molecule has 0 aliphatic carbocycles. The number of carbonyl (C=O) groups excluding carboxylic acids is 1. The van der Waals surface area contributed by atoms with E-state index in [1.807, 2.05) is 23.1 Å². The van der Waals surface area contributed by atoms with Gasteiger partial charge in [-0.05, 0) is 37.7 Å². The number of rotatable bonds is 5. The number of nitrogens with two attached hydrogens (primary N) is 1. The number of hydrogen-bond donors (Lipinski definition) is 1. The largest absolute Gasteiger partial charge is 0.342 e. The van der Waals surface area contributed by atoms with Gasteiger partial charge in [0.15, 0.2) is 0 Å². The number of nitrogens with zero attached hydrogens (tertiary/aromatic N) is 1. The van der Waals surface area contributed by atoms with Crippen LogP contribution in [0, 0.1) is 5.92 Å². The van der Waals surface area contributed by atoms with Gasteiger partial charge in [-0.25, -0.2) is 0 Å². The second-order valence-electron chi connectivity index (χ2n) is 6.30. The van der Waals surface area contributed by atoms with Gasteiger partial charge in [0.05, 0.1) is 5.92 Å². The Morgan fingerprint density at radius 2 is 2.05 bits per heavy atom. The third-order valence-corrected chi connectivity index (χ3v) is 4.59. The highest BCUT2D eigenvalue weighted by molar-refractivity contribution is 5.85. The van der Waals surface area contributed by atoms with Crippen molar-refractivity contribution in [1.29, 1.82) is 0 Å². The van der Waals surface area contributed by atoms with Gasteiger partial charge in [0.2, 0.25) is 5.91 Å². The van der Waals surface area contributed by atoms with Crippen LogP contribution in [0.3, 0.4) is 0 Å². The Labute approximate surface area is 140 Å². The Balaban J connectivity index is 0.00000242. The molecule has 1 aliphatic rings. The molecule has 0 radical (unpaired) electrons. The van der Waals surface area contributed by atoms with Crippen LogP contribution in [0.25, 0.3) is 0 Å². The lowest BCUT2D eigenvalue weighted by atomic mass is 9.89. The minimum atomic E-state index is 0. The van der Waals surface area contributed by atoms with Crippen LogP contribution in [0.5, 0.6) is 0 Å². The molecule has 3 unspecified atom stereocenters. The fraction of sp³-hybridized carbons (Fsp3) is 0.611.